The fourth-order valence-electron chi connectivity index (χ4n) is 2.25. The van der Waals surface area contributed by atoms with Crippen LogP contribution in [0.25, 0.3) is 5.65 Å². The average molecular weight is 301 g/mol. The van der Waals surface area contributed by atoms with Gasteiger partial charge in [-0.3, -0.25) is 9.20 Å². The predicted octanol–water partition coefficient (Wildman–Crippen LogP) is 2.30. The largest absolute Gasteiger partial charge is 0.344 e. The summed E-state index contributed by atoms with van der Waals surface area (Å²) in [4.78, 5) is 23.5. The second-order valence-corrected chi connectivity index (χ2v) is 5.33. The van der Waals surface area contributed by atoms with Crippen LogP contribution in [0.15, 0.2) is 24.5 Å². The number of pyridine rings is 1. The van der Waals surface area contributed by atoms with Crippen molar-refractivity contribution in [2.75, 3.05) is 0 Å². The van der Waals surface area contributed by atoms with E-state index in [4.69, 9.17) is 0 Å². The van der Waals surface area contributed by atoms with E-state index in [2.05, 4.69) is 20.3 Å². The van der Waals surface area contributed by atoms with Crippen LogP contribution in [0.3, 0.4) is 0 Å². The van der Waals surface area contributed by atoms with Crippen LogP contribution in [-0.4, -0.2) is 25.3 Å². The first-order chi connectivity index (χ1) is 10.5. The fraction of sp³-hybridized carbons (Fsp3) is 0.267. The zero-order valence-corrected chi connectivity index (χ0v) is 12.5. The average Bonchev–Trinajstić information content (AvgIpc) is 3.04. The van der Waals surface area contributed by atoms with Gasteiger partial charge in [-0.2, -0.15) is 4.39 Å². The molecule has 114 valence electrons. The second-order valence-electron chi connectivity index (χ2n) is 5.33. The van der Waals surface area contributed by atoms with Crippen molar-refractivity contribution in [2.45, 2.75) is 26.8 Å². The molecule has 0 aliphatic rings. The number of amides is 1. The number of aromatic amines is 1. The molecular formula is C15H16FN5O. The first-order valence-corrected chi connectivity index (χ1v) is 6.92. The summed E-state index contributed by atoms with van der Waals surface area (Å²) in [5.41, 5.74) is 1.95. The van der Waals surface area contributed by atoms with Crippen LogP contribution in [0.2, 0.25) is 0 Å². The van der Waals surface area contributed by atoms with Crippen LogP contribution >= 0.6 is 0 Å². The molecule has 7 heteroatoms. The summed E-state index contributed by atoms with van der Waals surface area (Å²) in [5, 5.41) is 2.69. The van der Waals surface area contributed by atoms with Crippen LogP contribution in [0.4, 0.5) is 4.39 Å². The number of nitrogens with one attached hydrogen (secondary N) is 2. The summed E-state index contributed by atoms with van der Waals surface area (Å²) < 4.78 is 15.6. The molecule has 1 atom stereocenters. The Hall–Kier alpha value is -2.70. The zero-order valence-electron chi connectivity index (χ0n) is 12.5. The highest BCUT2D eigenvalue weighted by atomic mass is 19.1. The van der Waals surface area contributed by atoms with Gasteiger partial charge in [-0.1, -0.05) is 6.07 Å². The molecule has 0 radical (unpaired) electrons. The van der Waals surface area contributed by atoms with Gasteiger partial charge in [0.15, 0.2) is 5.69 Å². The van der Waals surface area contributed by atoms with Gasteiger partial charge in [0.05, 0.1) is 6.04 Å². The Kier molecular flexibility index (Phi) is 3.40. The quantitative estimate of drug-likeness (QED) is 0.779. The van der Waals surface area contributed by atoms with Gasteiger partial charge in [0.25, 0.3) is 5.91 Å². The SMILES string of the molecule is Cc1ccc2nc(C(=O)NC(C)c3ncc(C)[nH]3)c(F)n2c1. The molecule has 1 amide bonds. The van der Waals surface area contributed by atoms with Crippen LogP contribution in [0.1, 0.15) is 40.5 Å². The molecule has 0 aliphatic heterocycles. The van der Waals surface area contributed by atoms with E-state index in [0.717, 1.165) is 11.3 Å². The number of carbonyl (C=O) groups is 1. The van der Waals surface area contributed by atoms with Gasteiger partial charge >= 0.3 is 0 Å². The van der Waals surface area contributed by atoms with Crippen LogP contribution < -0.4 is 5.32 Å². The summed E-state index contributed by atoms with van der Waals surface area (Å²) >= 11 is 0. The number of hydrogen-bond acceptors (Lipinski definition) is 3. The molecule has 1 unspecified atom stereocenters. The number of hydrogen-bond donors (Lipinski definition) is 2. The molecule has 22 heavy (non-hydrogen) atoms. The normalized spacial score (nSPS) is 12.5. The van der Waals surface area contributed by atoms with Gasteiger partial charge in [-0.15, -0.1) is 0 Å². The Balaban J connectivity index is 1.87. The summed E-state index contributed by atoms with van der Waals surface area (Å²) in [5.74, 6) is -0.620. The minimum atomic E-state index is -0.668. The summed E-state index contributed by atoms with van der Waals surface area (Å²) in [6.07, 6.45) is 3.28. The molecule has 6 nitrogen and oxygen atoms in total. The highest BCUT2D eigenvalue weighted by molar-refractivity contribution is 5.93. The van der Waals surface area contributed by atoms with Crippen molar-refractivity contribution in [1.29, 1.82) is 0 Å². The van der Waals surface area contributed by atoms with Crippen molar-refractivity contribution >= 4 is 11.6 Å². The number of halogens is 1. The van der Waals surface area contributed by atoms with E-state index in [1.165, 1.54) is 4.40 Å². The summed E-state index contributed by atoms with van der Waals surface area (Å²) in [7, 11) is 0. The van der Waals surface area contributed by atoms with Gasteiger partial charge in [0, 0.05) is 18.1 Å². The smallest absolute Gasteiger partial charge is 0.275 e. The molecule has 2 N–H and O–H groups in total. The molecule has 0 fully saturated rings. The predicted molar refractivity (Wildman–Crippen MR) is 79.1 cm³/mol. The number of H-pyrrole nitrogens is 1. The van der Waals surface area contributed by atoms with Gasteiger partial charge in [0.2, 0.25) is 5.95 Å². The lowest BCUT2D eigenvalue weighted by atomic mass is 10.3. The molecular weight excluding hydrogens is 285 g/mol. The first-order valence-electron chi connectivity index (χ1n) is 6.92. The van der Waals surface area contributed by atoms with Crippen molar-refractivity contribution in [3.8, 4) is 0 Å². The third-order valence-electron chi connectivity index (χ3n) is 3.40. The van der Waals surface area contributed by atoms with E-state index in [9.17, 15) is 9.18 Å². The van der Waals surface area contributed by atoms with Crippen LogP contribution in [-0.2, 0) is 0 Å². The van der Waals surface area contributed by atoms with Crippen LogP contribution in [0, 0.1) is 19.8 Å². The maximum Gasteiger partial charge on any atom is 0.275 e. The highest BCUT2D eigenvalue weighted by Gasteiger charge is 2.21. The Bertz CT molecular complexity index is 851. The van der Waals surface area contributed by atoms with E-state index in [-0.39, 0.29) is 11.7 Å². The third kappa shape index (κ3) is 2.45. The molecule has 3 aromatic heterocycles. The molecule has 3 rings (SSSR count). The fourth-order valence-corrected chi connectivity index (χ4v) is 2.25. The van der Waals surface area contributed by atoms with Crippen LogP contribution in [0.5, 0.6) is 0 Å². The lowest BCUT2D eigenvalue weighted by Gasteiger charge is -2.10. The van der Waals surface area contributed by atoms with Gasteiger partial charge in [0.1, 0.15) is 11.5 Å². The minimum Gasteiger partial charge on any atom is -0.344 e. The van der Waals surface area contributed by atoms with Gasteiger partial charge in [-0.05, 0) is 32.4 Å². The zero-order chi connectivity index (χ0) is 15.9. The van der Waals surface area contributed by atoms with E-state index in [1.54, 1.807) is 25.4 Å². The molecule has 3 heterocycles. The summed E-state index contributed by atoms with van der Waals surface area (Å²) in [6, 6.07) is 3.12. The van der Waals surface area contributed by atoms with E-state index in [1.807, 2.05) is 19.9 Å². The Morgan fingerprint density at radius 1 is 1.41 bits per heavy atom. The molecule has 0 saturated heterocycles. The maximum absolute atomic E-state index is 14.3. The number of imidazole rings is 2. The molecule has 3 aromatic rings. The standard InChI is InChI=1S/C15H16FN5O/c1-8-4-5-11-20-12(13(16)21(11)7-8)15(22)19-10(3)14-17-6-9(2)18-14/h4-7,10H,1-3H3,(H,17,18)(H,19,22). The first kappa shape index (κ1) is 14.2. The Labute approximate surface area is 126 Å². The van der Waals surface area contributed by atoms with Crippen molar-refractivity contribution < 1.29 is 9.18 Å². The lowest BCUT2D eigenvalue weighted by Crippen LogP contribution is -2.28. The number of carbonyl (C=O) groups excluding carboxylic acids is 1. The molecule has 0 aliphatic carbocycles. The van der Waals surface area contributed by atoms with Crippen molar-refractivity contribution in [3.63, 3.8) is 0 Å². The number of aryl methyl sites for hydroxylation is 2. The van der Waals surface area contributed by atoms with Gasteiger partial charge in [-0.25, -0.2) is 9.97 Å². The van der Waals surface area contributed by atoms with E-state index >= 15 is 0 Å². The van der Waals surface area contributed by atoms with Crippen molar-refractivity contribution in [2.24, 2.45) is 0 Å². The minimum absolute atomic E-state index is 0.222. The topological polar surface area (TPSA) is 75.1 Å². The van der Waals surface area contributed by atoms with Gasteiger partial charge < -0.3 is 10.3 Å². The monoisotopic (exact) mass is 301 g/mol. The van der Waals surface area contributed by atoms with E-state index in [0.29, 0.717) is 11.5 Å². The third-order valence-corrected chi connectivity index (χ3v) is 3.40. The van der Waals surface area contributed by atoms with E-state index < -0.39 is 11.9 Å². The van der Waals surface area contributed by atoms with Crippen molar-refractivity contribution in [3.05, 3.63) is 53.2 Å². The molecule has 0 saturated carbocycles. The number of nitrogens with zero attached hydrogens (tertiary/aromatic N) is 3. The Morgan fingerprint density at radius 2 is 2.18 bits per heavy atom. The molecule has 0 spiro atoms. The molecule has 0 bridgehead atoms. The number of rotatable bonds is 3. The number of fused-ring (bicyclic) bond motifs is 1. The summed E-state index contributed by atoms with van der Waals surface area (Å²) in [6.45, 7) is 5.49. The Morgan fingerprint density at radius 3 is 2.86 bits per heavy atom. The van der Waals surface area contributed by atoms with Crippen molar-refractivity contribution in [1.82, 2.24) is 24.7 Å². The maximum atomic E-state index is 14.3. The second kappa shape index (κ2) is 5.25. The molecule has 0 aromatic carbocycles. The number of aromatic nitrogens is 4. The highest BCUT2D eigenvalue weighted by Crippen LogP contribution is 2.14. The lowest BCUT2D eigenvalue weighted by molar-refractivity contribution is 0.0929.